The van der Waals surface area contributed by atoms with E-state index in [0.717, 1.165) is 5.46 Å². The van der Waals surface area contributed by atoms with Gasteiger partial charge in [-0.25, -0.2) is 4.79 Å². The molecule has 30 heavy (non-hydrogen) atoms. The third-order valence-electron chi connectivity index (χ3n) is 5.39. The number of carbonyl (C=O) groups excluding carboxylic acids is 1. The minimum absolute atomic E-state index is 0.0455. The Morgan fingerprint density at radius 1 is 0.967 bits per heavy atom. The number of carbonyl (C=O) groups is 2. The Morgan fingerprint density at radius 2 is 1.53 bits per heavy atom. The van der Waals surface area contributed by atoms with Gasteiger partial charge in [-0.3, -0.25) is 4.79 Å². The number of aromatic carboxylic acids is 1. The topological polar surface area (TPSA) is 91.3 Å². The molecule has 0 aromatic heterocycles. The molecule has 1 fully saturated rings. The van der Waals surface area contributed by atoms with Crippen LogP contribution in [0.25, 0.3) is 0 Å². The van der Waals surface area contributed by atoms with Crippen LogP contribution in [-0.4, -0.2) is 35.4 Å². The lowest BCUT2D eigenvalue weighted by Gasteiger charge is -2.32. The van der Waals surface area contributed by atoms with Crippen LogP contribution in [0.1, 0.15) is 50.5 Å². The second-order valence-electron chi connectivity index (χ2n) is 8.16. The molecule has 8 heteroatoms. The minimum atomic E-state index is -1.00. The van der Waals surface area contributed by atoms with E-state index < -0.39 is 30.3 Å². The molecular weight excluding hydrogens is 387 g/mol. The van der Waals surface area contributed by atoms with Gasteiger partial charge in [0.1, 0.15) is 18.1 Å². The summed E-state index contributed by atoms with van der Waals surface area (Å²) in [4.78, 5) is 22.3. The zero-order valence-electron chi connectivity index (χ0n) is 17.7. The van der Waals surface area contributed by atoms with Crippen molar-refractivity contribution in [3.63, 3.8) is 0 Å². The third kappa shape index (κ3) is 4.66. The molecule has 1 heterocycles. The lowest BCUT2D eigenvalue weighted by atomic mass is 9.76. The summed E-state index contributed by atoms with van der Waals surface area (Å²) in [5, 5.41) is 9.01. The first kappa shape index (κ1) is 21.9. The van der Waals surface area contributed by atoms with Crippen LogP contribution in [0.5, 0.6) is 11.5 Å². The van der Waals surface area contributed by atoms with Crippen LogP contribution in [0.4, 0.5) is 0 Å². The molecule has 1 saturated heterocycles. The highest BCUT2D eigenvalue weighted by Crippen LogP contribution is 2.37. The van der Waals surface area contributed by atoms with E-state index in [-0.39, 0.29) is 12.2 Å². The Kier molecular flexibility index (Phi) is 5.92. The molecule has 0 amide bonds. The standard InChI is InChI=1S/C22H25BO7/c1-14(24)27-13-16-12-18(28-17-8-6-15(7-9-17)20(25)26)10-11-19(16)23-29-21(2,3)22(4,5)30-23/h6-12H,13H2,1-5H3,(H,25,26). The Hall–Kier alpha value is -2.84. The van der Waals surface area contributed by atoms with Gasteiger partial charge in [0.25, 0.3) is 0 Å². The van der Waals surface area contributed by atoms with Crippen LogP contribution in [0, 0.1) is 0 Å². The fraction of sp³-hybridized carbons (Fsp3) is 0.364. The monoisotopic (exact) mass is 412 g/mol. The third-order valence-corrected chi connectivity index (χ3v) is 5.39. The Morgan fingerprint density at radius 3 is 2.07 bits per heavy atom. The van der Waals surface area contributed by atoms with Gasteiger partial charge in [-0.15, -0.1) is 0 Å². The zero-order valence-corrected chi connectivity index (χ0v) is 17.7. The zero-order chi connectivity index (χ0) is 22.1. The molecule has 7 nitrogen and oxygen atoms in total. The molecule has 1 aliphatic heterocycles. The second kappa shape index (κ2) is 8.12. The van der Waals surface area contributed by atoms with Gasteiger partial charge in [-0.1, -0.05) is 6.07 Å². The number of carboxylic acids is 1. The molecule has 0 aliphatic carbocycles. The first-order valence-electron chi connectivity index (χ1n) is 9.61. The van der Waals surface area contributed by atoms with Crippen LogP contribution in [-0.2, 0) is 25.4 Å². The molecular formula is C22H25BO7. The molecule has 0 atom stereocenters. The summed E-state index contributed by atoms with van der Waals surface area (Å²) in [7, 11) is -0.607. The summed E-state index contributed by atoms with van der Waals surface area (Å²) < 4.78 is 23.3. The summed E-state index contributed by atoms with van der Waals surface area (Å²) in [5.74, 6) is -0.398. The maximum Gasteiger partial charge on any atom is 0.495 e. The van der Waals surface area contributed by atoms with E-state index in [1.165, 1.54) is 19.1 Å². The van der Waals surface area contributed by atoms with Gasteiger partial charge < -0.3 is 23.9 Å². The molecule has 3 rings (SSSR count). The van der Waals surface area contributed by atoms with Crippen molar-refractivity contribution in [1.29, 1.82) is 0 Å². The highest BCUT2D eigenvalue weighted by Gasteiger charge is 2.52. The SMILES string of the molecule is CC(=O)OCc1cc(Oc2ccc(C(=O)O)cc2)ccc1B1OC(C)(C)C(C)(C)O1. The van der Waals surface area contributed by atoms with Gasteiger partial charge in [0, 0.05) is 6.92 Å². The number of ether oxygens (including phenoxy) is 2. The Bertz CT molecular complexity index is 934. The lowest BCUT2D eigenvalue weighted by Crippen LogP contribution is -2.41. The quantitative estimate of drug-likeness (QED) is 0.573. The van der Waals surface area contributed by atoms with Crippen LogP contribution < -0.4 is 10.2 Å². The van der Waals surface area contributed by atoms with Crippen LogP contribution in [0.3, 0.4) is 0 Å². The van der Waals surface area contributed by atoms with Crippen molar-refractivity contribution in [1.82, 2.24) is 0 Å². The van der Waals surface area contributed by atoms with Crippen molar-refractivity contribution in [2.45, 2.75) is 52.4 Å². The minimum Gasteiger partial charge on any atom is -0.478 e. The van der Waals surface area contributed by atoms with Gasteiger partial charge in [0.05, 0.1) is 16.8 Å². The van der Waals surface area contributed by atoms with Crippen molar-refractivity contribution < 1.29 is 33.5 Å². The number of benzene rings is 2. The van der Waals surface area contributed by atoms with Gasteiger partial charge in [-0.05, 0) is 75.1 Å². The van der Waals surface area contributed by atoms with E-state index >= 15 is 0 Å². The van der Waals surface area contributed by atoms with Crippen molar-refractivity contribution in [3.05, 3.63) is 53.6 Å². The molecule has 0 unspecified atom stereocenters. The van der Waals surface area contributed by atoms with Crippen LogP contribution >= 0.6 is 0 Å². The maximum absolute atomic E-state index is 11.4. The van der Waals surface area contributed by atoms with Gasteiger partial charge >= 0.3 is 19.1 Å². The van der Waals surface area contributed by atoms with Gasteiger partial charge in [0.2, 0.25) is 0 Å². The number of esters is 1. The Labute approximate surface area is 176 Å². The fourth-order valence-corrected chi connectivity index (χ4v) is 2.95. The number of hydrogen-bond donors (Lipinski definition) is 1. The summed E-state index contributed by atoms with van der Waals surface area (Å²) in [6.07, 6.45) is 0. The normalized spacial score (nSPS) is 16.9. The van der Waals surface area contributed by atoms with Crippen molar-refractivity contribution in [2.24, 2.45) is 0 Å². The number of hydrogen-bond acceptors (Lipinski definition) is 6. The van der Waals surface area contributed by atoms with E-state index in [4.69, 9.17) is 23.9 Å². The predicted molar refractivity (Wildman–Crippen MR) is 111 cm³/mol. The smallest absolute Gasteiger partial charge is 0.478 e. The number of carboxylic acid groups (broad SMARTS) is 1. The first-order valence-corrected chi connectivity index (χ1v) is 9.61. The van der Waals surface area contributed by atoms with E-state index in [9.17, 15) is 9.59 Å². The molecule has 0 bridgehead atoms. The largest absolute Gasteiger partial charge is 0.495 e. The second-order valence-corrected chi connectivity index (χ2v) is 8.16. The maximum atomic E-state index is 11.4. The van der Waals surface area contributed by atoms with E-state index in [1.807, 2.05) is 33.8 Å². The van der Waals surface area contributed by atoms with Crippen LogP contribution in [0.15, 0.2) is 42.5 Å². The average Bonchev–Trinajstić information content (AvgIpc) is 2.87. The van der Waals surface area contributed by atoms with Crippen LogP contribution in [0.2, 0.25) is 0 Å². The summed E-state index contributed by atoms with van der Waals surface area (Å²) in [6, 6.07) is 11.4. The molecule has 2 aromatic rings. The Balaban J connectivity index is 1.87. The van der Waals surface area contributed by atoms with Gasteiger partial charge in [0.15, 0.2) is 0 Å². The molecule has 0 spiro atoms. The molecule has 1 N–H and O–H groups in total. The summed E-state index contributed by atoms with van der Waals surface area (Å²) in [5.41, 5.74) is 0.621. The molecule has 1 aliphatic rings. The highest BCUT2D eigenvalue weighted by molar-refractivity contribution is 6.62. The molecule has 0 saturated carbocycles. The molecule has 2 aromatic carbocycles. The van der Waals surface area contributed by atoms with E-state index in [1.54, 1.807) is 24.3 Å². The molecule has 158 valence electrons. The lowest BCUT2D eigenvalue weighted by molar-refractivity contribution is -0.142. The van der Waals surface area contributed by atoms with E-state index in [2.05, 4.69) is 0 Å². The fourth-order valence-electron chi connectivity index (χ4n) is 2.95. The van der Waals surface area contributed by atoms with Crippen molar-refractivity contribution >= 4 is 24.5 Å². The van der Waals surface area contributed by atoms with E-state index in [0.29, 0.717) is 17.1 Å². The summed E-state index contributed by atoms with van der Waals surface area (Å²) >= 11 is 0. The van der Waals surface area contributed by atoms with Crippen molar-refractivity contribution in [3.8, 4) is 11.5 Å². The first-order chi connectivity index (χ1) is 14.0. The number of rotatable bonds is 6. The summed E-state index contributed by atoms with van der Waals surface area (Å²) in [6.45, 7) is 9.27. The van der Waals surface area contributed by atoms with Gasteiger partial charge in [-0.2, -0.15) is 0 Å². The molecule has 0 radical (unpaired) electrons. The van der Waals surface area contributed by atoms with Crippen molar-refractivity contribution in [2.75, 3.05) is 0 Å². The predicted octanol–water partition coefficient (Wildman–Crippen LogP) is 3.54. The average molecular weight is 412 g/mol. The highest BCUT2D eigenvalue weighted by atomic mass is 16.7.